The maximum Gasteiger partial charge on any atom is 0.103 e. The van der Waals surface area contributed by atoms with Crippen molar-refractivity contribution in [1.29, 1.82) is 5.26 Å². The van der Waals surface area contributed by atoms with E-state index < -0.39 is 0 Å². The molecule has 1 saturated heterocycles. The van der Waals surface area contributed by atoms with Gasteiger partial charge in [-0.15, -0.1) is 0 Å². The quantitative estimate of drug-likeness (QED) is 0.817. The largest absolute Gasteiger partial charge is 0.369 e. The summed E-state index contributed by atoms with van der Waals surface area (Å²) in [5.74, 6) is 0.564. The molecule has 2 rings (SSSR count). The maximum atomic E-state index is 9.30. The van der Waals surface area contributed by atoms with Crippen LogP contribution < -0.4 is 10.6 Å². The third-order valence-electron chi connectivity index (χ3n) is 3.45. The summed E-state index contributed by atoms with van der Waals surface area (Å²) in [5.41, 5.74) is 9.51. The fourth-order valence-electron chi connectivity index (χ4n) is 2.79. The van der Waals surface area contributed by atoms with E-state index in [0.29, 0.717) is 11.5 Å². The van der Waals surface area contributed by atoms with Gasteiger partial charge >= 0.3 is 0 Å². The van der Waals surface area contributed by atoms with Crippen LogP contribution in [0.4, 0.5) is 5.69 Å². The third kappa shape index (κ3) is 2.46. The van der Waals surface area contributed by atoms with E-state index in [-0.39, 0.29) is 6.04 Å². The Hall–Kier alpha value is -1.60. The molecular weight excluding hydrogens is 224 g/mol. The SMILES string of the molecule is Cc1cc(N2CC(C)CC(N)C2)c(C#N)c(C)n1. The summed E-state index contributed by atoms with van der Waals surface area (Å²) in [6.07, 6.45) is 1.06. The van der Waals surface area contributed by atoms with Gasteiger partial charge in [0.1, 0.15) is 6.07 Å². The van der Waals surface area contributed by atoms with E-state index in [2.05, 4.69) is 22.9 Å². The van der Waals surface area contributed by atoms with Gasteiger partial charge in [-0.1, -0.05) is 6.92 Å². The molecule has 0 aliphatic carbocycles. The molecule has 2 N–H and O–H groups in total. The molecule has 4 nitrogen and oxygen atoms in total. The van der Waals surface area contributed by atoms with Crippen molar-refractivity contribution >= 4 is 5.69 Å². The number of anilines is 1. The number of pyridine rings is 1. The lowest BCUT2D eigenvalue weighted by Crippen LogP contribution is -2.46. The van der Waals surface area contributed by atoms with Crippen LogP contribution in [0.3, 0.4) is 0 Å². The van der Waals surface area contributed by atoms with Gasteiger partial charge in [-0.3, -0.25) is 4.98 Å². The molecule has 18 heavy (non-hydrogen) atoms. The van der Waals surface area contributed by atoms with Crippen molar-refractivity contribution in [2.24, 2.45) is 11.7 Å². The van der Waals surface area contributed by atoms with E-state index in [0.717, 1.165) is 36.6 Å². The van der Waals surface area contributed by atoms with Crippen LogP contribution in [0.25, 0.3) is 0 Å². The second-order valence-corrected chi connectivity index (χ2v) is 5.36. The second kappa shape index (κ2) is 4.95. The highest BCUT2D eigenvalue weighted by Gasteiger charge is 2.24. The molecule has 1 aromatic rings. The minimum atomic E-state index is 0.189. The summed E-state index contributed by atoms with van der Waals surface area (Å²) in [5, 5.41) is 9.30. The summed E-state index contributed by atoms with van der Waals surface area (Å²) in [6.45, 7) is 7.85. The van der Waals surface area contributed by atoms with Crippen LogP contribution in [0.5, 0.6) is 0 Å². The van der Waals surface area contributed by atoms with Gasteiger partial charge in [0.15, 0.2) is 0 Å². The number of hydrogen-bond donors (Lipinski definition) is 1. The molecule has 2 heterocycles. The molecular formula is C14H20N4. The highest BCUT2D eigenvalue weighted by Crippen LogP contribution is 2.27. The molecule has 1 aliphatic heterocycles. The average molecular weight is 244 g/mol. The molecule has 0 spiro atoms. The van der Waals surface area contributed by atoms with E-state index in [1.54, 1.807) is 0 Å². The van der Waals surface area contributed by atoms with Gasteiger partial charge in [0, 0.05) is 24.8 Å². The number of aryl methyl sites for hydroxylation is 2. The predicted octanol–water partition coefficient (Wildman–Crippen LogP) is 1.74. The Bertz CT molecular complexity index is 479. The van der Waals surface area contributed by atoms with Crippen molar-refractivity contribution in [2.75, 3.05) is 18.0 Å². The van der Waals surface area contributed by atoms with Crippen LogP contribution in [0, 0.1) is 31.1 Å². The molecule has 0 radical (unpaired) electrons. The fraction of sp³-hybridized carbons (Fsp3) is 0.571. The van der Waals surface area contributed by atoms with Gasteiger partial charge in [0.2, 0.25) is 0 Å². The topological polar surface area (TPSA) is 65.9 Å². The molecule has 0 bridgehead atoms. The Kier molecular flexibility index (Phi) is 3.53. The number of rotatable bonds is 1. The standard InChI is InChI=1S/C14H20N4/c1-9-4-12(16)8-18(7-9)14-5-10(2)17-11(3)13(14)6-15/h5,9,12H,4,7-8,16H2,1-3H3. The minimum Gasteiger partial charge on any atom is -0.369 e. The zero-order valence-electron chi connectivity index (χ0n) is 11.3. The zero-order valence-corrected chi connectivity index (χ0v) is 11.3. The van der Waals surface area contributed by atoms with Gasteiger partial charge in [0.05, 0.1) is 16.9 Å². The van der Waals surface area contributed by atoms with Crippen molar-refractivity contribution in [3.05, 3.63) is 23.0 Å². The van der Waals surface area contributed by atoms with Gasteiger partial charge < -0.3 is 10.6 Å². The second-order valence-electron chi connectivity index (χ2n) is 5.36. The average Bonchev–Trinajstić information content (AvgIpc) is 2.26. The molecule has 2 unspecified atom stereocenters. The molecule has 0 aromatic carbocycles. The molecule has 4 heteroatoms. The molecule has 1 aromatic heterocycles. The highest BCUT2D eigenvalue weighted by atomic mass is 15.2. The van der Waals surface area contributed by atoms with Crippen LogP contribution in [0.2, 0.25) is 0 Å². The van der Waals surface area contributed by atoms with Gasteiger partial charge in [-0.25, -0.2) is 0 Å². The fourth-order valence-corrected chi connectivity index (χ4v) is 2.79. The van der Waals surface area contributed by atoms with Crippen LogP contribution in [-0.4, -0.2) is 24.1 Å². The van der Waals surface area contributed by atoms with Crippen molar-refractivity contribution < 1.29 is 0 Å². The molecule has 0 saturated carbocycles. The normalized spacial score (nSPS) is 23.8. The number of nitriles is 1. The van der Waals surface area contributed by atoms with Gasteiger partial charge in [-0.05, 0) is 32.3 Å². The number of nitrogens with zero attached hydrogens (tertiary/aromatic N) is 3. The van der Waals surface area contributed by atoms with E-state index >= 15 is 0 Å². The van der Waals surface area contributed by atoms with Crippen molar-refractivity contribution in [1.82, 2.24) is 4.98 Å². The lowest BCUT2D eigenvalue weighted by Gasteiger charge is -2.37. The Balaban J connectivity index is 2.41. The lowest BCUT2D eigenvalue weighted by molar-refractivity contribution is 0.401. The molecule has 0 amide bonds. The minimum absolute atomic E-state index is 0.189. The molecule has 96 valence electrons. The molecule has 1 aliphatic rings. The van der Waals surface area contributed by atoms with Crippen molar-refractivity contribution in [3.63, 3.8) is 0 Å². The highest BCUT2D eigenvalue weighted by molar-refractivity contribution is 5.62. The third-order valence-corrected chi connectivity index (χ3v) is 3.45. The Morgan fingerprint density at radius 1 is 1.44 bits per heavy atom. The number of hydrogen-bond acceptors (Lipinski definition) is 4. The Morgan fingerprint density at radius 2 is 2.17 bits per heavy atom. The summed E-state index contributed by atoms with van der Waals surface area (Å²) in [6, 6.07) is 4.46. The predicted molar refractivity (Wildman–Crippen MR) is 72.4 cm³/mol. The van der Waals surface area contributed by atoms with Crippen LogP contribution in [0.15, 0.2) is 6.07 Å². The van der Waals surface area contributed by atoms with E-state index in [1.807, 2.05) is 19.9 Å². The van der Waals surface area contributed by atoms with Crippen LogP contribution in [-0.2, 0) is 0 Å². The molecule has 2 atom stereocenters. The number of piperidine rings is 1. The number of nitrogens with two attached hydrogens (primary N) is 1. The van der Waals surface area contributed by atoms with Gasteiger partial charge in [0.25, 0.3) is 0 Å². The zero-order chi connectivity index (χ0) is 13.3. The van der Waals surface area contributed by atoms with E-state index in [9.17, 15) is 5.26 Å². The first-order valence-corrected chi connectivity index (χ1v) is 6.40. The first-order chi connectivity index (χ1) is 8.51. The molecule has 1 fully saturated rings. The summed E-state index contributed by atoms with van der Waals surface area (Å²) >= 11 is 0. The van der Waals surface area contributed by atoms with Crippen molar-refractivity contribution in [2.45, 2.75) is 33.2 Å². The summed E-state index contributed by atoms with van der Waals surface area (Å²) < 4.78 is 0. The van der Waals surface area contributed by atoms with Crippen LogP contribution in [0.1, 0.15) is 30.3 Å². The monoisotopic (exact) mass is 244 g/mol. The van der Waals surface area contributed by atoms with Crippen molar-refractivity contribution in [3.8, 4) is 6.07 Å². The summed E-state index contributed by atoms with van der Waals surface area (Å²) in [4.78, 5) is 6.59. The smallest absolute Gasteiger partial charge is 0.103 e. The van der Waals surface area contributed by atoms with Gasteiger partial charge in [-0.2, -0.15) is 5.26 Å². The lowest BCUT2D eigenvalue weighted by atomic mass is 9.95. The number of aromatic nitrogens is 1. The first kappa shape index (κ1) is 12.8. The Labute approximate surface area is 108 Å². The summed E-state index contributed by atoms with van der Waals surface area (Å²) in [7, 11) is 0. The van der Waals surface area contributed by atoms with Crippen LogP contribution >= 0.6 is 0 Å². The maximum absolute atomic E-state index is 9.30. The first-order valence-electron chi connectivity index (χ1n) is 6.40. The Morgan fingerprint density at radius 3 is 2.78 bits per heavy atom. The van der Waals surface area contributed by atoms with E-state index in [1.165, 1.54) is 0 Å². The van der Waals surface area contributed by atoms with E-state index in [4.69, 9.17) is 5.73 Å².